The van der Waals surface area contributed by atoms with Crippen LogP contribution in [0.25, 0.3) is 0 Å². The zero-order valence-corrected chi connectivity index (χ0v) is 9.99. The zero-order chi connectivity index (χ0) is 10.6. The van der Waals surface area contributed by atoms with E-state index in [-0.39, 0.29) is 0 Å². The van der Waals surface area contributed by atoms with Gasteiger partial charge in [0, 0.05) is 39.3 Å². The second kappa shape index (κ2) is 5.69. The Morgan fingerprint density at radius 3 is 2.64 bits per heavy atom. The first-order chi connectivity index (χ1) is 6.63. The Bertz CT molecular complexity index is 159. The number of nitrogens with zero attached hydrogens (tertiary/aromatic N) is 2. The maximum atomic E-state index is 5.27. The first kappa shape index (κ1) is 12.0. The summed E-state index contributed by atoms with van der Waals surface area (Å²) in [7, 11) is 3.98. The fourth-order valence-electron chi connectivity index (χ4n) is 2.11. The molecular weight excluding hydrogens is 176 g/mol. The second-order valence-corrected chi connectivity index (χ2v) is 4.76. The Morgan fingerprint density at radius 2 is 2.07 bits per heavy atom. The van der Waals surface area contributed by atoms with Crippen LogP contribution in [0.5, 0.6) is 0 Å². The summed E-state index contributed by atoms with van der Waals surface area (Å²) in [6.07, 6.45) is 0. The first-order valence-corrected chi connectivity index (χ1v) is 5.55. The summed E-state index contributed by atoms with van der Waals surface area (Å²) in [6.45, 7) is 10.1. The molecule has 1 atom stereocenters. The van der Waals surface area contributed by atoms with Crippen molar-refractivity contribution < 1.29 is 4.74 Å². The van der Waals surface area contributed by atoms with Gasteiger partial charge in [0.1, 0.15) is 0 Å². The Morgan fingerprint density at radius 1 is 1.36 bits per heavy atom. The molecule has 0 amide bonds. The van der Waals surface area contributed by atoms with Crippen LogP contribution in [-0.2, 0) is 4.74 Å². The van der Waals surface area contributed by atoms with Crippen molar-refractivity contribution in [3.8, 4) is 0 Å². The van der Waals surface area contributed by atoms with Crippen molar-refractivity contribution in [2.24, 2.45) is 5.92 Å². The Labute approximate surface area is 88.0 Å². The topological polar surface area (TPSA) is 15.7 Å². The lowest BCUT2D eigenvalue weighted by atomic mass is 10.1. The summed E-state index contributed by atoms with van der Waals surface area (Å²) in [5.41, 5.74) is 0. The number of hydrogen-bond donors (Lipinski definition) is 0. The molecule has 84 valence electrons. The number of piperazine rings is 1. The number of hydrogen-bond acceptors (Lipinski definition) is 3. The molecule has 1 unspecified atom stereocenters. The van der Waals surface area contributed by atoms with Crippen LogP contribution in [0.1, 0.15) is 13.8 Å². The number of ether oxygens (including phenoxy) is 1. The van der Waals surface area contributed by atoms with E-state index in [1.807, 2.05) is 0 Å². The first-order valence-electron chi connectivity index (χ1n) is 5.55. The third-order valence-corrected chi connectivity index (χ3v) is 2.77. The van der Waals surface area contributed by atoms with Crippen LogP contribution in [-0.4, -0.2) is 62.8 Å². The summed E-state index contributed by atoms with van der Waals surface area (Å²) in [6, 6.07) is 0.584. The molecule has 3 heteroatoms. The summed E-state index contributed by atoms with van der Waals surface area (Å²) in [5, 5.41) is 0. The van der Waals surface area contributed by atoms with E-state index < -0.39 is 0 Å². The minimum absolute atomic E-state index is 0.584. The van der Waals surface area contributed by atoms with Crippen LogP contribution < -0.4 is 0 Å². The van der Waals surface area contributed by atoms with E-state index in [1.54, 1.807) is 7.11 Å². The molecule has 1 aliphatic rings. The highest BCUT2D eigenvalue weighted by Crippen LogP contribution is 2.11. The lowest BCUT2D eigenvalue weighted by Crippen LogP contribution is -2.54. The molecule has 0 N–H and O–H groups in total. The molecule has 0 bridgehead atoms. The van der Waals surface area contributed by atoms with Gasteiger partial charge < -0.3 is 9.64 Å². The standard InChI is InChI=1S/C11H24N2O/c1-10(2)7-13-6-5-12(3)8-11(13)9-14-4/h10-11H,5-9H2,1-4H3. The zero-order valence-electron chi connectivity index (χ0n) is 9.99. The molecule has 0 aromatic heterocycles. The van der Waals surface area contributed by atoms with Gasteiger partial charge in [-0.15, -0.1) is 0 Å². The van der Waals surface area contributed by atoms with Gasteiger partial charge in [-0.2, -0.15) is 0 Å². The van der Waals surface area contributed by atoms with E-state index in [9.17, 15) is 0 Å². The molecule has 0 aromatic rings. The highest BCUT2D eigenvalue weighted by atomic mass is 16.5. The average Bonchev–Trinajstić information content (AvgIpc) is 2.09. The molecular formula is C11H24N2O. The van der Waals surface area contributed by atoms with E-state index in [0.29, 0.717) is 6.04 Å². The fourth-order valence-corrected chi connectivity index (χ4v) is 2.11. The number of likely N-dealkylation sites (N-methyl/N-ethyl adjacent to an activating group) is 1. The lowest BCUT2D eigenvalue weighted by Gasteiger charge is -2.40. The quantitative estimate of drug-likeness (QED) is 0.671. The van der Waals surface area contributed by atoms with Crippen LogP contribution in [0.2, 0.25) is 0 Å². The summed E-state index contributed by atoms with van der Waals surface area (Å²) < 4.78 is 5.27. The van der Waals surface area contributed by atoms with Crippen molar-refractivity contribution in [2.75, 3.05) is 46.9 Å². The van der Waals surface area contributed by atoms with E-state index in [1.165, 1.54) is 19.6 Å². The van der Waals surface area contributed by atoms with Gasteiger partial charge in [-0.1, -0.05) is 13.8 Å². The predicted molar refractivity (Wildman–Crippen MR) is 59.6 cm³/mol. The molecule has 0 radical (unpaired) electrons. The lowest BCUT2D eigenvalue weighted by molar-refractivity contribution is 0.0280. The van der Waals surface area contributed by atoms with E-state index in [4.69, 9.17) is 4.74 Å². The number of rotatable bonds is 4. The van der Waals surface area contributed by atoms with Crippen molar-refractivity contribution >= 4 is 0 Å². The Kier molecular flexibility index (Phi) is 4.85. The van der Waals surface area contributed by atoms with Gasteiger partial charge in [-0.3, -0.25) is 4.90 Å². The van der Waals surface area contributed by atoms with Crippen molar-refractivity contribution in [3.63, 3.8) is 0 Å². The molecule has 3 nitrogen and oxygen atoms in total. The molecule has 0 saturated carbocycles. The van der Waals surface area contributed by atoms with Gasteiger partial charge >= 0.3 is 0 Å². The summed E-state index contributed by atoms with van der Waals surface area (Å²) in [5.74, 6) is 0.748. The molecule has 0 spiro atoms. The van der Waals surface area contributed by atoms with Crippen LogP contribution in [0, 0.1) is 5.92 Å². The normalized spacial score (nSPS) is 25.9. The minimum atomic E-state index is 0.584. The SMILES string of the molecule is COCC1CN(C)CCN1CC(C)C. The van der Waals surface area contributed by atoms with Crippen LogP contribution in [0.15, 0.2) is 0 Å². The van der Waals surface area contributed by atoms with Gasteiger partial charge in [0.05, 0.1) is 6.61 Å². The molecule has 14 heavy (non-hydrogen) atoms. The molecule has 1 aliphatic heterocycles. The van der Waals surface area contributed by atoms with Crippen molar-refractivity contribution in [1.29, 1.82) is 0 Å². The average molecular weight is 200 g/mol. The van der Waals surface area contributed by atoms with Crippen LogP contribution in [0.3, 0.4) is 0 Å². The highest BCUT2D eigenvalue weighted by molar-refractivity contribution is 4.80. The number of methoxy groups -OCH3 is 1. The predicted octanol–water partition coefficient (Wildman–Crippen LogP) is 0.905. The Hall–Kier alpha value is -0.120. The Balaban J connectivity index is 2.44. The summed E-state index contributed by atoms with van der Waals surface area (Å²) in [4.78, 5) is 4.95. The second-order valence-electron chi connectivity index (χ2n) is 4.76. The van der Waals surface area contributed by atoms with Gasteiger partial charge in [-0.05, 0) is 13.0 Å². The van der Waals surface area contributed by atoms with E-state index in [2.05, 4.69) is 30.7 Å². The smallest absolute Gasteiger partial charge is 0.0630 e. The summed E-state index contributed by atoms with van der Waals surface area (Å²) >= 11 is 0. The van der Waals surface area contributed by atoms with Crippen molar-refractivity contribution in [1.82, 2.24) is 9.80 Å². The molecule has 1 saturated heterocycles. The van der Waals surface area contributed by atoms with Crippen LogP contribution in [0.4, 0.5) is 0 Å². The highest BCUT2D eigenvalue weighted by Gasteiger charge is 2.25. The van der Waals surface area contributed by atoms with Gasteiger partial charge in [-0.25, -0.2) is 0 Å². The van der Waals surface area contributed by atoms with Gasteiger partial charge in [0.15, 0.2) is 0 Å². The maximum absolute atomic E-state index is 5.27. The van der Waals surface area contributed by atoms with Crippen LogP contribution >= 0.6 is 0 Å². The molecule has 0 aliphatic carbocycles. The van der Waals surface area contributed by atoms with Crippen molar-refractivity contribution in [2.45, 2.75) is 19.9 Å². The largest absolute Gasteiger partial charge is 0.383 e. The molecule has 1 rings (SSSR count). The van der Waals surface area contributed by atoms with E-state index in [0.717, 1.165) is 19.1 Å². The van der Waals surface area contributed by atoms with Gasteiger partial charge in [0.25, 0.3) is 0 Å². The monoisotopic (exact) mass is 200 g/mol. The maximum Gasteiger partial charge on any atom is 0.0630 e. The van der Waals surface area contributed by atoms with Gasteiger partial charge in [0.2, 0.25) is 0 Å². The fraction of sp³-hybridized carbons (Fsp3) is 1.00. The van der Waals surface area contributed by atoms with E-state index >= 15 is 0 Å². The molecule has 1 heterocycles. The molecule has 0 aromatic carbocycles. The molecule has 1 fully saturated rings. The minimum Gasteiger partial charge on any atom is -0.383 e. The third kappa shape index (κ3) is 3.56. The third-order valence-electron chi connectivity index (χ3n) is 2.77. The van der Waals surface area contributed by atoms with Crippen molar-refractivity contribution in [3.05, 3.63) is 0 Å².